The number of aromatic nitrogens is 2. The summed E-state index contributed by atoms with van der Waals surface area (Å²) in [6.45, 7) is 2.36. The maximum atomic E-state index is 9.39. The lowest BCUT2D eigenvalue weighted by atomic mass is 9.99. The van der Waals surface area contributed by atoms with Crippen LogP contribution in [0.5, 0.6) is 0 Å². The van der Waals surface area contributed by atoms with Gasteiger partial charge in [-0.2, -0.15) is 0 Å². The highest BCUT2D eigenvalue weighted by Gasteiger charge is 2.27. The third kappa shape index (κ3) is 4.12. The highest BCUT2D eigenvalue weighted by molar-refractivity contribution is 5.49. The molecule has 2 heterocycles. The summed E-state index contributed by atoms with van der Waals surface area (Å²) in [7, 11) is 0. The molecule has 1 aromatic rings. The molecule has 1 aliphatic carbocycles. The number of anilines is 2. The van der Waals surface area contributed by atoms with Gasteiger partial charge < -0.3 is 20.4 Å². The molecule has 1 saturated carbocycles. The second-order valence-electron chi connectivity index (χ2n) is 6.85. The van der Waals surface area contributed by atoms with E-state index >= 15 is 0 Å². The van der Waals surface area contributed by atoms with Crippen LogP contribution in [0, 0.1) is 11.8 Å². The molecule has 2 fully saturated rings. The number of piperidine rings is 1. The molecular formula is C17H28N4O2. The van der Waals surface area contributed by atoms with Gasteiger partial charge >= 0.3 is 0 Å². The highest BCUT2D eigenvalue weighted by Crippen LogP contribution is 2.31. The van der Waals surface area contributed by atoms with E-state index in [9.17, 15) is 10.2 Å². The SMILES string of the molecule is OCCC1CCCC1Nc1cc(N2CCCC(CO)C2)ncn1. The normalized spacial score (nSPS) is 28.1. The molecule has 0 bridgehead atoms. The van der Waals surface area contributed by atoms with Crippen molar-refractivity contribution in [3.8, 4) is 0 Å². The van der Waals surface area contributed by atoms with Crippen LogP contribution in [-0.4, -0.2) is 52.5 Å². The molecule has 23 heavy (non-hydrogen) atoms. The second-order valence-corrected chi connectivity index (χ2v) is 6.85. The summed E-state index contributed by atoms with van der Waals surface area (Å²) in [5.74, 6) is 2.69. The van der Waals surface area contributed by atoms with E-state index in [1.165, 1.54) is 12.8 Å². The predicted molar refractivity (Wildman–Crippen MR) is 90.5 cm³/mol. The fourth-order valence-electron chi connectivity index (χ4n) is 3.95. The topological polar surface area (TPSA) is 81.5 Å². The molecular weight excluding hydrogens is 292 g/mol. The molecule has 3 rings (SSSR count). The minimum Gasteiger partial charge on any atom is -0.396 e. The van der Waals surface area contributed by atoms with E-state index in [-0.39, 0.29) is 13.2 Å². The summed E-state index contributed by atoms with van der Waals surface area (Å²) >= 11 is 0. The van der Waals surface area contributed by atoms with Crippen molar-refractivity contribution in [1.29, 1.82) is 0 Å². The van der Waals surface area contributed by atoms with Crippen LogP contribution >= 0.6 is 0 Å². The molecule has 1 aliphatic heterocycles. The number of rotatable bonds is 6. The number of hydrogen-bond acceptors (Lipinski definition) is 6. The fourth-order valence-corrected chi connectivity index (χ4v) is 3.95. The Morgan fingerprint density at radius 1 is 1.17 bits per heavy atom. The van der Waals surface area contributed by atoms with Crippen molar-refractivity contribution >= 4 is 11.6 Å². The molecule has 6 nitrogen and oxygen atoms in total. The van der Waals surface area contributed by atoms with Crippen molar-refractivity contribution in [3.05, 3.63) is 12.4 Å². The highest BCUT2D eigenvalue weighted by atomic mass is 16.3. The third-order valence-electron chi connectivity index (χ3n) is 5.25. The average molecular weight is 320 g/mol. The van der Waals surface area contributed by atoms with Crippen LogP contribution in [0.25, 0.3) is 0 Å². The first-order chi connectivity index (χ1) is 11.3. The van der Waals surface area contributed by atoms with Gasteiger partial charge in [0.05, 0.1) is 0 Å². The van der Waals surface area contributed by atoms with Gasteiger partial charge in [0, 0.05) is 38.4 Å². The van der Waals surface area contributed by atoms with Gasteiger partial charge in [-0.3, -0.25) is 0 Å². The zero-order valence-electron chi connectivity index (χ0n) is 13.7. The largest absolute Gasteiger partial charge is 0.396 e. The van der Waals surface area contributed by atoms with Crippen LogP contribution in [0.2, 0.25) is 0 Å². The predicted octanol–water partition coefficient (Wildman–Crippen LogP) is 1.65. The summed E-state index contributed by atoms with van der Waals surface area (Å²) in [6.07, 6.45) is 8.20. The van der Waals surface area contributed by atoms with E-state index in [2.05, 4.69) is 20.2 Å². The Labute approximate surface area is 138 Å². The number of aliphatic hydroxyl groups is 2. The lowest BCUT2D eigenvalue weighted by molar-refractivity contribution is 0.208. The Morgan fingerprint density at radius 3 is 2.91 bits per heavy atom. The minimum atomic E-state index is 0.248. The molecule has 3 N–H and O–H groups in total. The van der Waals surface area contributed by atoms with Crippen molar-refractivity contribution in [2.45, 2.75) is 44.6 Å². The van der Waals surface area contributed by atoms with Crippen molar-refractivity contribution < 1.29 is 10.2 Å². The van der Waals surface area contributed by atoms with E-state index in [1.54, 1.807) is 6.33 Å². The zero-order valence-corrected chi connectivity index (χ0v) is 13.7. The van der Waals surface area contributed by atoms with Gasteiger partial charge in [0.15, 0.2) is 0 Å². The monoisotopic (exact) mass is 320 g/mol. The van der Waals surface area contributed by atoms with E-state index in [0.29, 0.717) is 17.9 Å². The molecule has 0 radical (unpaired) electrons. The van der Waals surface area contributed by atoms with Gasteiger partial charge in [-0.05, 0) is 43.9 Å². The van der Waals surface area contributed by atoms with Crippen LogP contribution in [0.1, 0.15) is 38.5 Å². The quantitative estimate of drug-likeness (QED) is 0.739. The average Bonchev–Trinajstić information content (AvgIpc) is 3.02. The van der Waals surface area contributed by atoms with E-state index in [1.807, 2.05) is 6.07 Å². The first-order valence-electron chi connectivity index (χ1n) is 8.85. The van der Waals surface area contributed by atoms with E-state index < -0.39 is 0 Å². The van der Waals surface area contributed by atoms with Crippen LogP contribution < -0.4 is 10.2 Å². The standard InChI is InChI=1S/C17H28N4O2/c22-8-6-14-4-1-5-15(14)20-16-9-17(19-12-18-16)21-7-2-3-13(10-21)11-23/h9,12-15,22-23H,1-8,10-11H2,(H,18,19,20). The molecule has 128 valence electrons. The third-order valence-corrected chi connectivity index (χ3v) is 5.25. The smallest absolute Gasteiger partial charge is 0.134 e. The lowest BCUT2D eigenvalue weighted by Gasteiger charge is -2.32. The van der Waals surface area contributed by atoms with Gasteiger partial charge in [-0.15, -0.1) is 0 Å². The minimum absolute atomic E-state index is 0.248. The number of aliphatic hydroxyl groups excluding tert-OH is 2. The summed E-state index contributed by atoms with van der Waals surface area (Å²) < 4.78 is 0. The van der Waals surface area contributed by atoms with Crippen molar-refractivity contribution in [1.82, 2.24) is 9.97 Å². The summed E-state index contributed by atoms with van der Waals surface area (Å²) in [4.78, 5) is 11.0. The van der Waals surface area contributed by atoms with Gasteiger partial charge in [-0.1, -0.05) is 6.42 Å². The number of nitrogens with one attached hydrogen (secondary N) is 1. The van der Waals surface area contributed by atoms with E-state index in [0.717, 1.165) is 50.4 Å². The fraction of sp³-hybridized carbons (Fsp3) is 0.765. The molecule has 0 spiro atoms. The second kappa shape index (κ2) is 7.93. The summed E-state index contributed by atoms with van der Waals surface area (Å²) in [6, 6.07) is 2.42. The van der Waals surface area contributed by atoms with Crippen LogP contribution in [-0.2, 0) is 0 Å². The van der Waals surface area contributed by atoms with E-state index in [4.69, 9.17) is 0 Å². The van der Waals surface area contributed by atoms with Gasteiger partial charge in [0.25, 0.3) is 0 Å². The molecule has 3 unspecified atom stereocenters. The molecule has 2 aliphatic rings. The zero-order chi connectivity index (χ0) is 16.1. The van der Waals surface area contributed by atoms with Crippen LogP contribution in [0.15, 0.2) is 12.4 Å². The molecule has 6 heteroatoms. The van der Waals surface area contributed by atoms with Crippen molar-refractivity contribution in [3.63, 3.8) is 0 Å². The molecule has 1 saturated heterocycles. The summed E-state index contributed by atoms with van der Waals surface area (Å²) in [5, 5.41) is 22.1. The Morgan fingerprint density at radius 2 is 2.09 bits per heavy atom. The first kappa shape index (κ1) is 16.5. The van der Waals surface area contributed by atoms with Gasteiger partial charge in [-0.25, -0.2) is 9.97 Å². The lowest BCUT2D eigenvalue weighted by Crippen LogP contribution is -2.37. The maximum Gasteiger partial charge on any atom is 0.134 e. The van der Waals surface area contributed by atoms with Crippen molar-refractivity contribution in [2.75, 3.05) is 36.5 Å². The summed E-state index contributed by atoms with van der Waals surface area (Å²) in [5.41, 5.74) is 0. The Kier molecular flexibility index (Phi) is 5.67. The van der Waals surface area contributed by atoms with Crippen LogP contribution in [0.3, 0.4) is 0 Å². The van der Waals surface area contributed by atoms with Crippen LogP contribution in [0.4, 0.5) is 11.6 Å². The Hall–Kier alpha value is -1.40. The molecule has 1 aromatic heterocycles. The number of hydrogen-bond donors (Lipinski definition) is 3. The van der Waals surface area contributed by atoms with Gasteiger partial charge in [0.2, 0.25) is 0 Å². The number of nitrogens with zero attached hydrogens (tertiary/aromatic N) is 3. The molecule has 3 atom stereocenters. The first-order valence-corrected chi connectivity index (χ1v) is 8.85. The Balaban J connectivity index is 1.65. The molecule has 0 aromatic carbocycles. The maximum absolute atomic E-state index is 9.39. The van der Waals surface area contributed by atoms with Crippen molar-refractivity contribution in [2.24, 2.45) is 11.8 Å². The van der Waals surface area contributed by atoms with Gasteiger partial charge in [0.1, 0.15) is 18.0 Å². The Bertz CT molecular complexity index is 499. The molecule has 0 amide bonds.